The van der Waals surface area contributed by atoms with Crippen molar-refractivity contribution < 1.29 is 37.6 Å². The third kappa shape index (κ3) is 5.67. The van der Waals surface area contributed by atoms with Crippen molar-refractivity contribution in [2.24, 2.45) is 0 Å². The van der Waals surface area contributed by atoms with Gasteiger partial charge in [0.25, 0.3) is 6.43 Å². The lowest BCUT2D eigenvalue weighted by Crippen LogP contribution is -2.50. The fraction of sp³-hybridized carbons (Fsp3) is 0.536. The molecule has 0 unspecified atom stereocenters. The Morgan fingerprint density at radius 1 is 1.14 bits per heavy atom. The molecular formula is C28H35F2NO6. The van der Waals surface area contributed by atoms with Gasteiger partial charge in [0, 0.05) is 37.3 Å². The highest BCUT2D eigenvalue weighted by Crippen LogP contribution is 2.45. The van der Waals surface area contributed by atoms with E-state index in [1.165, 1.54) is 14.2 Å². The van der Waals surface area contributed by atoms with Gasteiger partial charge in [-0.15, -0.1) is 0 Å². The zero-order valence-electron chi connectivity index (χ0n) is 21.6. The lowest BCUT2D eigenvalue weighted by Gasteiger charge is -2.35. The van der Waals surface area contributed by atoms with Gasteiger partial charge in [0.15, 0.2) is 0 Å². The average Bonchev–Trinajstić information content (AvgIpc) is 3.41. The predicted molar refractivity (Wildman–Crippen MR) is 136 cm³/mol. The number of halogens is 2. The van der Waals surface area contributed by atoms with E-state index in [1.807, 2.05) is 0 Å². The van der Waals surface area contributed by atoms with Crippen LogP contribution < -0.4 is 14.8 Å². The van der Waals surface area contributed by atoms with Gasteiger partial charge >= 0.3 is 5.97 Å². The number of methoxy groups -OCH3 is 2. The summed E-state index contributed by atoms with van der Waals surface area (Å²) in [6.45, 7) is 2.58. The molecule has 7 nitrogen and oxygen atoms in total. The second-order valence-corrected chi connectivity index (χ2v) is 9.71. The molecule has 2 aliphatic rings. The van der Waals surface area contributed by atoms with Gasteiger partial charge in [-0.3, -0.25) is 0 Å². The van der Waals surface area contributed by atoms with E-state index in [0.29, 0.717) is 59.7 Å². The molecule has 1 saturated heterocycles. The normalized spacial score (nSPS) is 17.7. The van der Waals surface area contributed by atoms with E-state index in [0.717, 1.165) is 25.7 Å². The molecule has 0 bridgehead atoms. The minimum atomic E-state index is -2.78. The molecular weight excluding hydrogens is 484 g/mol. The van der Waals surface area contributed by atoms with E-state index in [2.05, 4.69) is 5.32 Å². The van der Waals surface area contributed by atoms with Crippen molar-refractivity contribution in [2.75, 3.05) is 32.8 Å². The Balaban J connectivity index is 1.80. The van der Waals surface area contributed by atoms with Crippen LogP contribution in [0.4, 0.5) is 14.5 Å². The Labute approximate surface area is 216 Å². The van der Waals surface area contributed by atoms with Crippen molar-refractivity contribution >= 4 is 11.7 Å². The zero-order chi connectivity index (χ0) is 26.6. The minimum absolute atomic E-state index is 0.0845. The van der Waals surface area contributed by atoms with Crippen LogP contribution in [0.25, 0.3) is 11.1 Å². The first-order valence-corrected chi connectivity index (χ1v) is 12.7. The maximum Gasteiger partial charge on any atom is 0.329 e. The fourth-order valence-electron chi connectivity index (χ4n) is 5.37. The summed E-state index contributed by atoms with van der Waals surface area (Å²) in [5, 5.41) is 13.2. The monoisotopic (exact) mass is 519 g/mol. The third-order valence-corrected chi connectivity index (χ3v) is 7.47. The van der Waals surface area contributed by atoms with Crippen LogP contribution in [0, 0.1) is 6.92 Å². The average molecular weight is 520 g/mol. The van der Waals surface area contributed by atoms with Crippen LogP contribution in [-0.4, -0.2) is 50.2 Å². The van der Waals surface area contributed by atoms with Crippen LogP contribution in [0.15, 0.2) is 24.3 Å². The number of carboxylic acids is 1. The second kappa shape index (κ2) is 11.6. The molecule has 0 atom stereocenters. The van der Waals surface area contributed by atoms with Crippen molar-refractivity contribution in [3.63, 3.8) is 0 Å². The molecule has 2 fully saturated rings. The Hall–Kier alpha value is -2.91. The number of carbonyl (C=O) groups is 1. The van der Waals surface area contributed by atoms with Gasteiger partial charge in [-0.1, -0.05) is 18.9 Å². The molecule has 202 valence electrons. The minimum Gasteiger partial charge on any atom is -0.496 e. The molecule has 0 aromatic heterocycles. The first-order valence-electron chi connectivity index (χ1n) is 12.7. The van der Waals surface area contributed by atoms with Crippen molar-refractivity contribution in [1.29, 1.82) is 0 Å². The van der Waals surface area contributed by atoms with Crippen LogP contribution in [0.5, 0.6) is 11.5 Å². The first kappa shape index (κ1) is 27.1. The highest BCUT2D eigenvalue weighted by molar-refractivity contribution is 5.84. The number of anilines is 1. The summed E-state index contributed by atoms with van der Waals surface area (Å²) in [4.78, 5) is 12.2. The largest absolute Gasteiger partial charge is 0.496 e. The smallest absolute Gasteiger partial charge is 0.329 e. The lowest BCUT2D eigenvalue weighted by atomic mass is 9.89. The first-order chi connectivity index (χ1) is 17.8. The molecule has 1 aliphatic carbocycles. The van der Waals surface area contributed by atoms with Gasteiger partial charge in [-0.25, -0.2) is 13.6 Å². The Bertz CT molecular complexity index is 1110. The summed E-state index contributed by atoms with van der Waals surface area (Å²) in [7, 11) is 2.86. The summed E-state index contributed by atoms with van der Waals surface area (Å²) in [6.07, 6.45) is 2.09. The number of aliphatic carboxylic acids is 1. The van der Waals surface area contributed by atoms with Gasteiger partial charge in [-0.2, -0.15) is 0 Å². The van der Waals surface area contributed by atoms with Gasteiger partial charge < -0.3 is 29.4 Å². The van der Waals surface area contributed by atoms with Crippen LogP contribution in [0.3, 0.4) is 0 Å². The number of benzene rings is 2. The van der Waals surface area contributed by atoms with E-state index in [4.69, 9.17) is 18.9 Å². The molecule has 4 rings (SSSR count). The summed E-state index contributed by atoms with van der Waals surface area (Å²) in [5.74, 6) is -0.425. The van der Waals surface area contributed by atoms with Crippen molar-refractivity contribution in [1.82, 2.24) is 0 Å². The zero-order valence-corrected chi connectivity index (χ0v) is 21.6. The molecule has 1 aliphatic heterocycles. The topological polar surface area (TPSA) is 86.3 Å². The van der Waals surface area contributed by atoms with E-state index in [9.17, 15) is 18.7 Å². The molecule has 1 saturated carbocycles. The van der Waals surface area contributed by atoms with Crippen molar-refractivity contribution in [3.05, 3.63) is 41.0 Å². The Morgan fingerprint density at radius 2 is 1.84 bits per heavy atom. The molecule has 9 heteroatoms. The quantitative estimate of drug-likeness (QED) is 0.391. The standard InChI is InChI=1S/C28H35F2NO6/c1-17-23(34-2)15-22(24(26(29)30)25(17)35-3)21-9-8-19(14-18(21)16-37-20-6-4-5-7-20)31-28(27(32)33)10-12-36-13-11-28/h8-9,14-15,20,26,31H,4-7,10-13,16H2,1-3H3,(H,32,33). The summed E-state index contributed by atoms with van der Waals surface area (Å²) in [5.41, 5.74) is 1.25. The van der Waals surface area contributed by atoms with Gasteiger partial charge in [0.1, 0.15) is 17.0 Å². The number of rotatable bonds is 10. The highest BCUT2D eigenvalue weighted by atomic mass is 19.3. The molecule has 0 spiro atoms. The fourth-order valence-corrected chi connectivity index (χ4v) is 5.37. The van der Waals surface area contributed by atoms with Crippen molar-refractivity contribution in [3.8, 4) is 22.6 Å². The van der Waals surface area contributed by atoms with Crippen LogP contribution in [0.1, 0.15) is 61.6 Å². The summed E-state index contributed by atoms with van der Waals surface area (Å²) < 4.78 is 51.3. The number of alkyl halides is 2. The number of hydrogen-bond acceptors (Lipinski definition) is 6. The molecule has 1 heterocycles. The van der Waals surface area contributed by atoms with E-state index < -0.39 is 17.9 Å². The van der Waals surface area contributed by atoms with E-state index in [-0.39, 0.29) is 24.0 Å². The van der Waals surface area contributed by atoms with Gasteiger partial charge in [-0.05, 0) is 54.7 Å². The van der Waals surface area contributed by atoms with Crippen LogP contribution >= 0.6 is 0 Å². The maximum absolute atomic E-state index is 14.4. The molecule has 0 amide bonds. The SMILES string of the molecule is COc1cc(-c2ccc(NC3(C(=O)O)CCOCC3)cc2COC2CCCC2)c(C(F)F)c(OC)c1C. The molecule has 0 radical (unpaired) electrons. The van der Waals surface area contributed by atoms with E-state index >= 15 is 0 Å². The van der Waals surface area contributed by atoms with Gasteiger partial charge in [0.2, 0.25) is 0 Å². The molecule has 2 N–H and O–H groups in total. The van der Waals surface area contributed by atoms with E-state index in [1.54, 1.807) is 31.2 Å². The second-order valence-electron chi connectivity index (χ2n) is 9.71. The summed E-state index contributed by atoms with van der Waals surface area (Å²) in [6, 6.07) is 6.87. The van der Waals surface area contributed by atoms with Crippen LogP contribution in [0.2, 0.25) is 0 Å². The Kier molecular flexibility index (Phi) is 8.54. The lowest BCUT2D eigenvalue weighted by molar-refractivity contribution is -0.145. The van der Waals surface area contributed by atoms with Crippen molar-refractivity contribution in [2.45, 2.75) is 70.1 Å². The Morgan fingerprint density at radius 3 is 2.43 bits per heavy atom. The maximum atomic E-state index is 14.4. The summed E-state index contributed by atoms with van der Waals surface area (Å²) >= 11 is 0. The number of hydrogen-bond donors (Lipinski definition) is 2. The number of carboxylic acid groups (broad SMARTS) is 1. The highest BCUT2D eigenvalue weighted by Gasteiger charge is 2.40. The van der Waals surface area contributed by atoms with Gasteiger partial charge in [0.05, 0.1) is 32.5 Å². The third-order valence-electron chi connectivity index (χ3n) is 7.47. The predicted octanol–water partition coefficient (Wildman–Crippen LogP) is 6.12. The molecule has 2 aromatic carbocycles. The molecule has 2 aromatic rings. The number of nitrogens with one attached hydrogen (secondary N) is 1. The van der Waals surface area contributed by atoms with Crippen LogP contribution in [-0.2, 0) is 20.9 Å². The number of ether oxygens (including phenoxy) is 4. The molecule has 37 heavy (non-hydrogen) atoms.